The van der Waals surface area contributed by atoms with Gasteiger partial charge in [-0.05, 0) is 19.1 Å². The Kier molecular flexibility index (Phi) is 9.00. The molecule has 0 fully saturated rings. The first-order valence-corrected chi connectivity index (χ1v) is 9.13. The monoisotopic (exact) mass is 371 g/mol. The normalized spacial score (nSPS) is 11.1. The zero-order valence-corrected chi connectivity index (χ0v) is 16.3. The van der Waals surface area contributed by atoms with Crippen LogP contribution in [0.15, 0.2) is 53.5 Å². The van der Waals surface area contributed by atoms with Crippen LogP contribution in [0.4, 0.5) is 0 Å². The summed E-state index contributed by atoms with van der Waals surface area (Å²) < 4.78 is 16.7. The maximum Gasteiger partial charge on any atom is 0.191 e. The number of hydrogen-bond donors (Lipinski definition) is 2. The molecule has 0 amide bonds. The van der Waals surface area contributed by atoms with Gasteiger partial charge < -0.3 is 24.8 Å². The fourth-order valence-electron chi connectivity index (χ4n) is 2.59. The summed E-state index contributed by atoms with van der Waals surface area (Å²) >= 11 is 0. The predicted molar refractivity (Wildman–Crippen MR) is 108 cm³/mol. The SMILES string of the molecule is CCOc1ccccc1CNC(=NC)NCCOCc1ccccc1OC. The molecule has 146 valence electrons. The van der Waals surface area contributed by atoms with Crippen LogP contribution in [0, 0.1) is 0 Å². The van der Waals surface area contributed by atoms with E-state index in [-0.39, 0.29) is 0 Å². The lowest BCUT2D eigenvalue weighted by Gasteiger charge is -2.14. The van der Waals surface area contributed by atoms with Crippen molar-refractivity contribution >= 4 is 5.96 Å². The Hall–Kier alpha value is -2.73. The first-order chi connectivity index (χ1) is 13.3. The van der Waals surface area contributed by atoms with E-state index in [1.54, 1.807) is 14.2 Å². The van der Waals surface area contributed by atoms with Gasteiger partial charge in [0, 0.05) is 31.3 Å². The first kappa shape index (κ1) is 20.6. The van der Waals surface area contributed by atoms with Gasteiger partial charge in [0.05, 0.1) is 26.9 Å². The number of methoxy groups -OCH3 is 1. The molecule has 6 nitrogen and oxygen atoms in total. The van der Waals surface area contributed by atoms with Crippen molar-refractivity contribution in [2.24, 2.45) is 4.99 Å². The number of aliphatic imine (C=N–C) groups is 1. The largest absolute Gasteiger partial charge is 0.496 e. The number of benzene rings is 2. The minimum absolute atomic E-state index is 0.513. The van der Waals surface area contributed by atoms with Crippen molar-refractivity contribution < 1.29 is 14.2 Å². The van der Waals surface area contributed by atoms with Gasteiger partial charge in [0.25, 0.3) is 0 Å². The number of hydrogen-bond acceptors (Lipinski definition) is 4. The molecule has 0 bridgehead atoms. The highest BCUT2D eigenvalue weighted by molar-refractivity contribution is 5.79. The highest BCUT2D eigenvalue weighted by atomic mass is 16.5. The third kappa shape index (κ3) is 6.83. The number of rotatable bonds is 10. The Balaban J connectivity index is 1.72. The summed E-state index contributed by atoms with van der Waals surface area (Å²) in [5.41, 5.74) is 2.13. The second-order valence-corrected chi connectivity index (χ2v) is 5.76. The van der Waals surface area contributed by atoms with Gasteiger partial charge in [0.15, 0.2) is 5.96 Å². The topological polar surface area (TPSA) is 64.1 Å². The smallest absolute Gasteiger partial charge is 0.191 e. The van der Waals surface area contributed by atoms with E-state index in [1.807, 2.05) is 55.5 Å². The van der Waals surface area contributed by atoms with E-state index in [2.05, 4.69) is 15.6 Å². The van der Waals surface area contributed by atoms with E-state index < -0.39 is 0 Å². The Morgan fingerprint density at radius 1 is 0.963 bits per heavy atom. The average molecular weight is 371 g/mol. The van der Waals surface area contributed by atoms with Crippen LogP contribution in [0.3, 0.4) is 0 Å². The molecule has 2 rings (SSSR count). The molecular weight excluding hydrogens is 342 g/mol. The lowest BCUT2D eigenvalue weighted by Crippen LogP contribution is -2.38. The quantitative estimate of drug-likeness (QED) is 0.382. The van der Waals surface area contributed by atoms with Gasteiger partial charge in [-0.25, -0.2) is 0 Å². The van der Waals surface area contributed by atoms with Gasteiger partial charge in [-0.3, -0.25) is 4.99 Å². The zero-order chi connectivity index (χ0) is 19.3. The summed E-state index contributed by atoms with van der Waals surface area (Å²) in [5, 5.41) is 6.54. The number of guanidine groups is 1. The van der Waals surface area contributed by atoms with Crippen LogP contribution < -0.4 is 20.1 Å². The first-order valence-electron chi connectivity index (χ1n) is 9.13. The predicted octanol–water partition coefficient (Wildman–Crippen LogP) is 2.98. The molecule has 0 radical (unpaired) electrons. The van der Waals surface area contributed by atoms with Crippen LogP contribution in [-0.2, 0) is 17.9 Å². The molecule has 0 aliphatic rings. The van der Waals surface area contributed by atoms with Gasteiger partial charge in [0.1, 0.15) is 11.5 Å². The van der Waals surface area contributed by atoms with E-state index in [4.69, 9.17) is 14.2 Å². The Morgan fingerprint density at radius 3 is 2.37 bits per heavy atom. The van der Waals surface area contributed by atoms with E-state index in [9.17, 15) is 0 Å². The van der Waals surface area contributed by atoms with E-state index in [0.29, 0.717) is 32.9 Å². The molecule has 0 unspecified atom stereocenters. The number of nitrogens with zero attached hydrogens (tertiary/aromatic N) is 1. The minimum atomic E-state index is 0.513. The molecule has 27 heavy (non-hydrogen) atoms. The van der Waals surface area contributed by atoms with Crippen molar-refractivity contribution in [3.8, 4) is 11.5 Å². The standard InChI is InChI=1S/C21H29N3O3/c1-4-27-20-12-8-5-9-17(20)15-24-21(22-2)23-13-14-26-16-18-10-6-7-11-19(18)25-3/h5-12H,4,13-16H2,1-3H3,(H2,22,23,24). The number of para-hydroxylation sites is 2. The van der Waals surface area contributed by atoms with Crippen molar-refractivity contribution in [1.29, 1.82) is 0 Å². The highest BCUT2D eigenvalue weighted by Crippen LogP contribution is 2.18. The molecule has 6 heteroatoms. The molecule has 0 aromatic heterocycles. The summed E-state index contributed by atoms with van der Waals surface area (Å²) in [4.78, 5) is 4.24. The lowest BCUT2D eigenvalue weighted by molar-refractivity contribution is 0.123. The highest BCUT2D eigenvalue weighted by Gasteiger charge is 2.04. The van der Waals surface area contributed by atoms with Gasteiger partial charge >= 0.3 is 0 Å². The van der Waals surface area contributed by atoms with Crippen LogP contribution in [0.25, 0.3) is 0 Å². The summed E-state index contributed by atoms with van der Waals surface area (Å²) in [6.07, 6.45) is 0. The third-order valence-corrected chi connectivity index (χ3v) is 3.93. The Labute approximate surface area is 161 Å². The van der Waals surface area contributed by atoms with Crippen molar-refractivity contribution in [1.82, 2.24) is 10.6 Å². The van der Waals surface area contributed by atoms with Gasteiger partial charge in [0.2, 0.25) is 0 Å². The second kappa shape index (κ2) is 11.8. The number of ether oxygens (including phenoxy) is 3. The third-order valence-electron chi connectivity index (χ3n) is 3.93. The van der Waals surface area contributed by atoms with Crippen LogP contribution >= 0.6 is 0 Å². The van der Waals surface area contributed by atoms with Crippen molar-refractivity contribution in [3.63, 3.8) is 0 Å². The second-order valence-electron chi connectivity index (χ2n) is 5.76. The van der Waals surface area contributed by atoms with Crippen LogP contribution in [0.5, 0.6) is 11.5 Å². The molecule has 0 aliphatic heterocycles. The van der Waals surface area contributed by atoms with Crippen molar-refractivity contribution in [2.75, 3.05) is 33.9 Å². The maximum atomic E-state index is 5.73. The van der Waals surface area contributed by atoms with E-state index in [0.717, 1.165) is 28.6 Å². The molecule has 2 N–H and O–H groups in total. The zero-order valence-electron chi connectivity index (χ0n) is 16.3. The molecule has 2 aromatic rings. The fraction of sp³-hybridized carbons (Fsp3) is 0.381. The maximum absolute atomic E-state index is 5.73. The molecule has 2 aromatic carbocycles. The van der Waals surface area contributed by atoms with E-state index >= 15 is 0 Å². The van der Waals surface area contributed by atoms with Crippen molar-refractivity contribution in [2.45, 2.75) is 20.1 Å². The number of nitrogens with one attached hydrogen (secondary N) is 2. The summed E-state index contributed by atoms with van der Waals surface area (Å²) in [7, 11) is 3.42. The molecule has 0 heterocycles. The Bertz CT molecular complexity index is 719. The molecular formula is C21H29N3O3. The van der Waals surface area contributed by atoms with Gasteiger partial charge in [-0.1, -0.05) is 36.4 Å². The van der Waals surface area contributed by atoms with Crippen LogP contribution in [0.2, 0.25) is 0 Å². The molecule has 0 saturated heterocycles. The van der Waals surface area contributed by atoms with Crippen LogP contribution in [0.1, 0.15) is 18.1 Å². The lowest BCUT2D eigenvalue weighted by atomic mass is 10.2. The molecule has 0 aliphatic carbocycles. The summed E-state index contributed by atoms with van der Waals surface area (Å²) in [6.45, 7) is 5.00. The molecule has 0 saturated carbocycles. The van der Waals surface area contributed by atoms with E-state index in [1.165, 1.54) is 0 Å². The van der Waals surface area contributed by atoms with Gasteiger partial charge in [-0.15, -0.1) is 0 Å². The summed E-state index contributed by atoms with van der Waals surface area (Å²) in [6, 6.07) is 15.9. The molecule has 0 atom stereocenters. The fourth-order valence-corrected chi connectivity index (χ4v) is 2.59. The Morgan fingerprint density at radius 2 is 1.67 bits per heavy atom. The average Bonchev–Trinajstić information content (AvgIpc) is 2.71. The van der Waals surface area contributed by atoms with Crippen LogP contribution in [-0.4, -0.2) is 39.9 Å². The van der Waals surface area contributed by atoms with Crippen molar-refractivity contribution in [3.05, 3.63) is 59.7 Å². The van der Waals surface area contributed by atoms with Gasteiger partial charge in [-0.2, -0.15) is 0 Å². The minimum Gasteiger partial charge on any atom is -0.496 e. The molecule has 0 spiro atoms. The summed E-state index contributed by atoms with van der Waals surface area (Å²) in [5.74, 6) is 2.46.